The third-order valence-corrected chi connectivity index (χ3v) is 0. The van der Waals surface area contributed by atoms with Crippen LogP contribution in [0.3, 0.4) is 0 Å². The zero-order valence-corrected chi connectivity index (χ0v) is 4.56. The average Bonchev–Trinajstić information content (AvgIpc) is 0.811. The summed E-state index contributed by atoms with van der Waals surface area (Å²) in [6, 6.07) is 0. The van der Waals surface area contributed by atoms with Gasteiger partial charge in [0.25, 0.3) is 0 Å². The van der Waals surface area contributed by atoms with E-state index in [0.29, 0.717) is 0 Å². The van der Waals surface area contributed by atoms with Crippen LogP contribution < -0.4 is 0 Å². The van der Waals surface area contributed by atoms with Gasteiger partial charge in [-0.25, -0.2) is 0 Å². The Balaban J connectivity index is 2.32. The van der Waals surface area contributed by atoms with Gasteiger partial charge in [-0.05, 0) is 6.92 Å². The zero-order chi connectivity index (χ0) is 3.58. The Morgan fingerprint density at radius 3 is 2.00 bits per heavy atom. The Labute approximate surface area is 39.2 Å². The first kappa shape index (κ1) is 4.69. The van der Waals surface area contributed by atoms with Crippen molar-refractivity contribution in [3.05, 3.63) is 0 Å². The van der Waals surface area contributed by atoms with Crippen LogP contribution in [0.4, 0.5) is 0 Å². The molecule has 0 amide bonds. The summed E-state index contributed by atoms with van der Waals surface area (Å²) in [5, 5.41) is 8.04. The lowest BCUT2D eigenvalue weighted by Crippen LogP contribution is -1.77. The molecule has 0 bridgehead atoms. The zero-order valence-electron chi connectivity index (χ0n) is 2.40. The highest BCUT2D eigenvalue weighted by molar-refractivity contribution is 14.1. The van der Waals surface area contributed by atoms with Gasteiger partial charge in [0.2, 0.25) is 0 Å². The summed E-state index contributed by atoms with van der Waals surface area (Å²) < 4.78 is -0.197. The van der Waals surface area contributed by atoms with Gasteiger partial charge in [-0.2, -0.15) is 0 Å². The first-order valence-electron chi connectivity index (χ1n) is 1.05. The van der Waals surface area contributed by atoms with Crippen molar-refractivity contribution in [1.29, 1.82) is 0 Å². The lowest BCUT2D eigenvalue weighted by Gasteiger charge is -1.77. The van der Waals surface area contributed by atoms with Crippen molar-refractivity contribution in [2.75, 3.05) is 0 Å². The fourth-order valence-corrected chi connectivity index (χ4v) is 0. The van der Waals surface area contributed by atoms with E-state index in [1.807, 2.05) is 22.6 Å². The highest BCUT2D eigenvalue weighted by Gasteiger charge is 1.72. The Bertz CT molecular complexity index is 10.8. The number of rotatable bonds is 0. The molecule has 1 nitrogen and oxygen atoms in total. The fraction of sp³-hybridized carbons (Fsp3) is 1.00. The van der Waals surface area contributed by atoms with Crippen LogP contribution in [0.15, 0.2) is 0 Å². The molecule has 0 unspecified atom stereocenters. The van der Waals surface area contributed by atoms with Crippen molar-refractivity contribution >= 4 is 22.6 Å². The second-order valence-electron chi connectivity index (χ2n) is 0.574. The maximum atomic E-state index is 8.04. The van der Waals surface area contributed by atoms with Crippen LogP contribution in [0.2, 0.25) is 0 Å². The summed E-state index contributed by atoms with van der Waals surface area (Å²) in [7, 11) is 0. The molecule has 0 aromatic heterocycles. The monoisotopic (exact) mass is 172 g/mol. The van der Waals surface area contributed by atoms with Crippen LogP contribution in [0, 0.1) is 0 Å². The highest BCUT2D eigenvalue weighted by atomic mass is 127. The third-order valence-electron chi connectivity index (χ3n) is 0. The van der Waals surface area contributed by atoms with Crippen molar-refractivity contribution < 1.29 is 5.11 Å². The van der Waals surface area contributed by atoms with Crippen LogP contribution in [-0.4, -0.2) is 9.22 Å². The van der Waals surface area contributed by atoms with Crippen LogP contribution in [0.1, 0.15) is 6.92 Å². The smallest absolute Gasteiger partial charge is 0.102 e. The highest BCUT2D eigenvalue weighted by Crippen LogP contribution is 1.86. The predicted molar refractivity (Wildman–Crippen MR) is 25.7 cm³/mol. The van der Waals surface area contributed by atoms with Gasteiger partial charge in [0.1, 0.15) is 4.11 Å². The molecule has 0 aromatic rings. The maximum absolute atomic E-state index is 8.04. The molecule has 2 heteroatoms. The molecule has 0 aliphatic heterocycles. The topological polar surface area (TPSA) is 20.2 Å². The largest absolute Gasteiger partial charge is 0.383 e. The van der Waals surface area contributed by atoms with Gasteiger partial charge < -0.3 is 5.11 Å². The quantitative estimate of drug-likeness (QED) is 0.422. The second kappa shape index (κ2) is 1.96. The maximum Gasteiger partial charge on any atom is 0.102 e. The molecule has 0 radical (unpaired) electrons. The van der Waals surface area contributed by atoms with E-state index in [9.17, 15) is 0 Å². The molecule has 0 fully saturated rings. The molecule has 1 atom stereocenters. The summed E-state index contributed by atoms with van der Waals surface area (Å²) in [5.41, 5.74) is 0. The van der Waals surface area contributed by atoms with Crippen molar-refractivity contribution in [2.24, 2.45) is 0 Å². The van der Waals surface area contributed by atoms with Crippen molar-refractivity contribution in [3.8, 4) is 0 Å². The van der Waals surface area contributed by atoms with Crippen LogP contribution >= 0.6 is 22.6 Å². The Kier molecular flexibility index (Phi) is 2.30. The summed E-state index contributed by atoms with van der Waals surface area (Å²) >= 11 is 1.90. The summed E-state index contributed by atoms with van der Waals surface area (Å²) in [6.07, 6.45) is 0. The van der Waals surface area contributed by atoms with Crippen LogP contribution in [0.25, 0.3) is 0 Å². The minimum Gasteiger partial charge on any atom is -0.383 e. The average molecular weight is 172 g/mol. The number of halogens is 1. The normalized spacial score (nSPS) is 15.8. The van der Waals surface area contributed by atoms with Gasteiger partial charge in [-0.1, -0.05) is 22.6 Å². The Morgan fingerprint density at radius 1 is 2.00 bits per heavy atom. The fourth-order valence-electron chi connectivity index (χ4n) is 0. The number of hydrogen-bond donors (Lipinski definition) is 1. The van der Waals surface area contributed by atoms with Crippen molar-refractivity contribution in [2.45, 2.75) is 11.0 Å². The van der Waals surface area contributed by atoms with Gasteiger partial charge in [0.05, 0.1) is 0 Å². The van der Waals surface area contributed by atoms with E-state index < -0.39 is 0 Å². The van der Waals surface area contributed by atoms with Crippen molar-refractivity contribution in [3.63, 3.8) is 0 Å². The molecule has 0 heterocycles. The predicted octanol–water partition coefficient (Wildman–Crippen LogP) is 0.760. The summed E-state index contributed by atoms with van der Waals surface area (Å²) in [6.45, 7) is 1.71. The molecule has 4 heavy (non-hydrogen) atoms. The standard InChI is InChI=1S/C2H5IO/c1-2(3)4/h2,4H,1H3/t2-/m1/s1. The van der Waals surface area contributed by atoms with Gasteiger partial charge in [0.15, 0.2) is 0 Å². The van der Waals surface area contributed by atoms with E-state index in [-0.39, 0.29) is 4.11 Å². The molecule has 26 valence electrons. The Morgan fingerprint density at radius 2 is 2.00 bits per heavy atom. The van der Waals surface area contributed by atoms with Gasteiger partial charge in [0, 0.05) is 0 Å². The summed E-state index contributed by atoms with van der Waals surface area (Å²) in [5.74, 6) is 0. The number of alkyl halides is 1. The third kappa shape index (κ3) is 16.1. The number of aliphatic hydroxyl groups excluding tert-OH is 1. The minimum absolute atomic E-state index is 0.197. The Hall–Kier alpha value is 0.690. The van der Waals surface area contributed by atoms with Gasteiger partial charge in [-0.15, -0.1) is 0 Å². The minimum atomic E-state index is -0.197. The SMILES string of the molecule is C[C@@H](O)I. The molecule has 0 spiro atoms. The molecule has 1 N–H and O–H groups in total. The molecular formula is C2H5IO. The first-order chi connectivity index (χ1) is 1.73. The van der Waals surface area contributed by atoms with Gasteiger partial charge in [-0.3, -0.25) is 0 Å². The lowest BCUT2D eigenvalue weighted by atomic mass is 10.9. The van der Waals surface area contributed by atoms with Gasteiger partial charge >= 0.3 is 0 Å². The molecule has 0 rings (SSSR count). The van der Waals surface area contributed by atoms with Crippen LogP contribution in [0.5, 0.6) is 0 Å². The van der Waals surface area contributed by atoms with E-state index in [1.165, 1.54) is 0 Å². The van der Waals surface area contributed by atoms with E-state index in [4.69, 9.17) is 5.11 Å². The molecule has 0 saturated carbocycles. The van der Waals surface area contributed by atoms with E-state index in [0.717, 1.165) is 0 Å². The summed E-state index contributed by atoms with van der Waals surface area (Å²) in [4.78, 5) is 0. The molecule has 0 aliphatic carbocycles. The molecule has 0 saturated heterocycles. The van der Waals surface area contributed by atoms with E-state index in [2.05, 4.69) is 0 Å². The number of aliphatic hydroxyl groups is 1. The molecular weight excluding hydrogens is 167 g/mol. The van der Waals surface area contributed by atoms with Crippen LogP contribution in [-0.2, 0) is 0 Å². The van der Waals surface area contributed by atoms with E-state index >= 15 is 0 Å². The number of hydrogen-bond acceptors (Lipinski definition) is 1. The van der Waals surface area contributed by atoms with E-state index in [1.54, 1.807) is 6.92 Å². The van der Waals surface area contributed by atoms with Crippen molar-refractivity contribution in [1.82, 2.24) is 0 Å². The molecule has 0 aromatic carbocycles. The lowest BCUT2D eigenvalue weighted by molar-refractivity contribution is 0.299. The first-order valence-corrected chi connectivity index (χ1v) is 2.30. The second-order valence-corrected chi connectivity index (χ2v) is 2.38. The molecule has 0 aliphatic rings.